The number of rotatable bonds is 4. The molecule has 2 aromatic carbocycles. The molecule has 2 aromatic heterocycles. The molecule has 0 amide bonds. The van der Waals surface area contributed by atoms with Crippen molar-refractivity contribution in [3.8, 4) is 11.1 Å². The lowest BCUT2D eigenvalue weighted by molar-refractivity contribution is 0.552. The molecular formula is C20H15FN2O3S2. The van der Waals surface area contributed by atoms with Gasteiger partial charge in [0.2, 0.25) is 0 Å². The maximum atomic E-state index is 13.1. The third-order valence-electron chi connectivity index (χ3n) is 4.48. The van der Waals surface area contributed by atoms with E-state index in [0.29, 0.717) is 15.8 Å². The largest absolute Gasteiger partial charge is 0.332 e. The van der Waals surface area contributed by atoms with E-state index in [-0.39, 0.29) is 12.1 Å². The Morgan fingerprint density at radius 2 is 1.75 bits per heavy atom. The highest BCUT2D eigenvalue weighted by atomic mass is 32.3. The number of aromatic nitrogens is 2. The highest BCUT2D eigenvalue weighted by molar-refractivity contribution is 7.86. The molecule has 0 unspecified atom stereocenters. The highest BCUT2D eigenvalue weighted by Gasteiger charge is 2.14. The van der Waals surface area contributed by atoms with Gasteiger partial charge in [-0.3, -0.25) is 9.36 Å². The van der Waals surface area contributed by atoms with Gasteiger partial charge in [0.25, 0.3) is 5.56 Å². The fourth-order valence-corrected chi connectivity index (χ4v) is 4.35. The molecule has 0 aliphatic carbocycles. The molecule has 0 radical (unpaired) electrons. The van der Waals surface area contributed by atoms with Gasteiger partial charge in [-0.15, -0.1) is 15.2 Å². The summed E-state index contributed by atoms with van der Waals surface area (Å²) in [7, 11) is -4.74. The molecule has 0 N–H and O–H groups in total. The molecule has 0 saturated heterocycles. The fourth-order valence-electron chi connectivity index (χ4n) is 2.98. The van der Waals surface area contributed by atoms with E-state index in [1.807, 2.05) is 36.6 Å². The van der Waals surface area contributed by atoms with Gasteiger partial charge in [0, 0.05) is 10.9 Å². The Bertz CT molecular complexity index is 1320. The molecule has 0 aliphatic heterocycles. The summed E-state index contributed by atoms with van der Waals surface area (Å²) in [6.07, 6.45) is 1.47. The monoisotopic (exact) mass is 414 g/mol. The Morgan fingerprint density at radius 1 is 1.07 bits per heavy atom. The normalized spacial score (nSPS) is 11.8. The smallest absolute Gasteiger partial charge is 0.294 e. The van der Waals surface area contributed by atoms with E-state index in [2.05, 4.69) is 4.98 Å². The molecule has 2 heterocycles. The molecule has 0 saturated carbocycles. The van der Waals surface area contributed by atoms with Crippen molar-refractivity contribution in [1.82, 2.24) is 9.55 Å². The Balaban J connectivity index is 1.75. The summed E-state index contributed by atoms with van der Waals surface area (Å²) >= 11 is 1.41. The second-order valence-electron chi connectivity index (χ2n) is 6.45. The first-order valence-electron chi connectivity index (χ1n) is 8.40. The lowest BCUT2D eigenvalue weighted by Crippen LogP contribution is -2.21. The van der Waals surface area contributed by atoms with Crippen LogP contribution in [0.4, 0.5) is 3.89 Å². The van der Waals surface area contributed by atoms with Crippen molar-refractivity contribution in [2.45, 2.75) is 18.4 Å². The standard InChI is InChI=1S/C20H15FN2O3S2/c1-13-2-6-15(7-3-13)17-11-27-19-18(17)20(24)23(12-22-19)10-14-4-8-16(9-5-14)28(21,25)26/h2-9,11-12H,10H2,1H3. The third kappa shape index (κ3) is 3.48. The molecule has 0 bridgehead atoms. The van der Waals surface area contributed by atoms with Crippen LogP contribution in [0.15, 0.2) is 69.9 Å². The third-order valence-corrected chi connectivity index (χ3v) is 6.20. The van der Waals surface area contributed by atoms with Gasteiger partial charge in [0.05, 0.1) is 23.2 Å². The average molecular weight is 414 g/mol. The van der Waals surface area contributed by atoms with E-state index in [0.717, 1.165) is 16.7 Å². The average Bonchev–Trinajstić information content (AvgIpc) is 3.09. The van der Waals surface area contributed by atoms with Crippen molar-refractivity contribution in [3.63, 3.8) is 0 Å². The van der Waals surface area contributed by atoms with Crippen molar-refractivity contribution < 1.29 is 12.3 Å². The fraction of sp³-hybridized carbons (Fsp3) is 0.100. The highest BCUT2D eigenvalue weighted by Crippen LogP contribution is 2.30. The van der Waals surface area contributed by atoms with Crippen molar-refractivity contribution in [3.05, 3.63) is 81.7 Å². The van der Waals surface area contributed by atoms with E-state index in [9.17, 15) is 17.1 Å². The molecular weight excluding hydrogens is 399 g/mol. The van der Waals surface area contributed by atoms with Crippen LogP contribution in [0.2, 0.25) is 0 Å². The van der Waals surface area contributed by atoms with Gasteiger partial charge in [-0.05, 0) is 30.2 Å². The summed E-state index contributed by atoms with van der Waals surface area (Å²) in [5.74, 6) is 0. The van der Waals surface area contributed by atoms with Gasteiger partial charge in [-0.1, -0.05) is 42.0 Å². The second-order valence-corrected chi connectivity index (χ2v) is 8.66. The SMILES string of the molecule is Cc1ccc(-c2csc3ncn(Cc4ccc(S(=O)(=O)F)cc4)c(=O)c23)cc1. The molecule has 0 aliphatic rings. The topological polar surface area (TPSA) is 69.0 Å². The van der Waals surface area contributed by atoms with Crippen LogP contribution in [0, 0.1) is 6.92 Å². The minimum absolute atomic E-state index is 0.177. The molecule has 0 atom stereocenters. The van der Waals surface area contributed by atoms with Crippen LogP contribution in [0.5, 0.6) is 0 Å². The van der Waals surface area contributed by atoms with E-state index in [1.54, 1.807) is 0 Å². The van der Waals surface area contributed by atoms with Crippen LogP contribution in [-0.4, -0.2) is 18.0 Å². The summed E-state index contributed by atoms with van der Waals surface area (Å²) < 4.78 is 36.4. The first kappa shape index (κ1) is 18.5. The lowest BCUT2D eigenvalue weighted by Gasteiger charge is -2.07. The molecule has 8 heteroatoms. The van der Waals surface area contributed by atoms with E-state index < -0.39 is 15.1 Å². The van der Waals surface area contributed by atoms with Gasteiger partial charge in [-0.25, -0.2) is 4.98 Å². The van der Waals surface area contributed by atoms with Crippen LogP contribution < -0.4 is 5.56 Å². The minimum Gasteiger partial charge on any atom is -0.294 e. The number of fused-ring (bicyclic) bond motifs is 1. The van der Waals surface area contributed by atoms with Crippen LogP contribution in [0.25, 0.3) is 21.3 Å². The van der Waals surface area contributed by atoms with E-state index in [4.69, 9.17) is 0 Å². The van der Waals surface area contributed by atoms with Crippen LogP contribution >= 0.6 is 11.3 Å². The molecule has 4 rings (SSSR count). The molecule has 28 heavy (non-hydrogen) atoms. The first-order chi connectivity index (χ1) is 13.3. The zero-order valence-electron chi connectivity index (χ0n) is 14.8. The maximum Gasteiger partial charge on any atom is 0.332 e. The van der Waals surface area contributed by atoms with Gasteiger partial charge in [0.1, 0.15) is 4.83 Å². The maximum absolute atomic E-state index is 13.1. The quantitative estimate of drug-likeness (QED) is 0.471. The number of hydrogen-bond acceptors (Lipinski definition) is 5. The van der Waals surface area contributed by atoms with Crippen LogP contribution in [0.1, 0.15) is 11.1 Å². The number of hydrogen-bond donors (Lipinski definition) is 0. The summed E-state index contributed by atoms with van der Waals surface area (Å²) in [5.41, 5.74) is 3.42. The first-order valence-corrected chi connectivity index (χ1v) is 10.7. The predicted octanol–water partition coefficient (Wildman–Crippen LogP) is 4.14. The number of benzene rings is 2. The van der Waals surface area contributed by atoms with Crippen LogP contribution in [0.3, 0.4) is 0 Å². The number of aryl methyl sites for hydroxylation is 1. The number of halogens is 1. The molecule has 142 valence electrons. The summed E-state index contributed by atoms with van der Waals surface area (Å²) in [4.78, 5) is 17.7. The minimum atomic E-state index is -4.74. The Hall–Kier alpha value is -2.84. The van der Waals surface area contributed by atoms with Crippen molar-refractivity contribution in [2.75, 3.05) is 0 Å². The van der Waals surface area contributed by atoms with Crippen molar-refractivity contribution in [1.29, 1.82) is 0 Å². The van der Waals surface area contributed by atoms with Crippen molar-refractivity contribution >= 4 is 31.8 Å². The summed E-state index contributed by atoms with van der Waals surface area (Å²) in [6, 6.07) is 13.3. The summed E-state index contributed by atoms with van der Waals surface area (Å²) in [6.45, 7) is 2.21. The van der Waals surface area contributed by atoms with Gasteiger partial charge < -0.3 is 0 Å². The Morgan fingerprint density at radius 3 is 2.39 bits per heavy atom. The van der Waals surface area contributed by atoms with Gasteiger partial charge in [0.15, 0.2) is 0 Å². The number of thiophene rings is 1. The second kappa shape index (κ2) is 6.96. The Labute approximate surface area is 164 Å². The summed E-state index contributed by atoms with van der Waals surface area (Å²) in [5, 5.41) is 2.48. The molecule has 5 nitrogen and oxygen atoms in total. The zero-order chi connectivity index (χ0) is 19.9. The number of nitrogens with zero attached hydrogens (tertiary/aromatic N) is 2. The van der Waals surface area contributed by atoms with E-state index in [1.165, 1.54) is 46.5 Å². The van der Waals surface area contributed by atoms with Crippen molar-refractivity contribution in [2.24, 2.45) is 0 Å². The van der Waals surface area contributed by atoms with Gasteiger partial charge in [-0.2, -0.15) is 8.42 Å². The molecule has 0 fully saturated rings. The molecule has 4 aromatic rings. The Kier molecular flexibility index (Phi) is 4.60. The van der Waals surface area contributed by atoms with E-state index >= 15 is 0 Å². The van der Waals surface area contributed by atoms with Gasteiger partial charge >= 0.3 is 10.2 Å². The van der Waals surface area contributed by atoms with Crippen LogP contribution in [-0.2, 0) is 16.8 Å². The molecule has 0 spiro atoms. The zero-order valence-corrected chi connectivity index (χ0v) is 16.4. The predicted molar refractivity (Wildman–Crippen MR) is 108 cm³/mol. The lowest BCUT2D eigenvalue weighted by atomic mass is 10.1.